The van der Waals surface area contributed by atoms with Gasteiger partial charge in [-0.05, 0) is 50.1 Å². The molecular weight excluding hydrogens is 254 g/mol. The Labute approximate surface area is 119 Å². The van der Waals surface area contributed by atoms with Crippen LogP contribution in [0.25, 0.3) is 0 Å². The zero-order chi connectivity index (χ0) is 13.7. The highest BCUT2D eigenvalue weighted by Crippen LogP contribution is 2.22. The molecule has 0 saturated carbocycles. The van der Waals surface area contributed by atoms with Crippen LogP contribution in [0.1, 0.15) is 37.8 Å². The summed E-state index contributed by atoms with van der Waals surface area (Å²) in [6.45, 7) is 2.05. The Morgan fingerprint density at radius 1 is 1.32 bits per heavy atom. The van der Waals surface area contributed by atoms with E-state index in [4.69, 9.17) is 0 Å². The van der Waals surface area contributed by atoms with Gasteiger partial charge in [0.15, 0.2) is 0 Å². The minimum Gasteiger partial charge on any atom is -0.349 e. The number of thioether (sulfide) groups is 1. The summed E-state index contributed by atoms with van der Waals surface area (Å²) in [6.07, 6.45) is 9.22. The standard InChI is InChI=1S/C16H21NOS/c1-12(13-8-10-15(19-2)11-9-13)17-16(18)14-6-4-3-5-7-14/h3-4,8-12,14H,5-7H2,1-2H3,(H,17,18)/t12-,14+/m1/s1. The number of allylic oxidation sites excluding steroid dienone is 2. The Morgan fingerprint density at radius 3 is 2.63 bits per heavy atom. The maximum absolute atomic E-state index is 12.2. The molecule has 102 valence electrons. The summed E-state index contributed by atoms with van der Waals surface area (Å²) in [5, 5.41) is 3.12. The summed E-state index contributed by atoms with van der Waals surface area (Å²) >= 11 is 1.73. The first-order valence-corrected chi connectivity index (χ1v) is 8.02. The Balaban J connectivity index is 1.93. The van der Waals surface area contributed by atoms with Gasteiger partial charge in [0.1, 0.15) is 0 Å². The zero-order valence-corrected chi connectivity index (χ0v) is 12.4. The van der Waals surface area contributed by atoms with E-state index in [-0.39, 0.29) is 17.9 Å². The molecule has 0 bridgehead atoms. The predicted octanol–water partition coefficient (Wildman–Crippen LogP) is 3.94. The van der Waals surface area contributed by atoms with Crippen molar-refractivity contribution in [2.24, 2.45) is 5.92 Å². The minimum atomic E-state index is 0.0781. The van der Waals surface area contributed by atoms with Crippen LogP contribution in [0, 0.1) is 5.92 Å². The van der Waals surface area contributed by atoms with Crippen LogP contribution in [0.4, 0.5) is 0 Å². The predicted molar refractivity (Wildman–Crippen MR) is 81.3 cm³/mol. The van der Waals surface area contributed by atoms with Crippen LogP contribution in [0.2, 0.25) is 0 Å². The normalized spacial score (nSPS) is 20.0. The second-order valence-corrected chi connectivity index (χ2v) is 5.86. The highest BCUT2D eigenvalue weighted by Gasteiger charge is 2.20. The second-order valence-electron chi connectivity index (χ2n) is 4.98. The van der Waals surface area contributed by atoms with Gasteiger partial charge in [0.25, 0.3) is 0 Å². The number of benzene rings is 1. The van der Waals surface area contributed by atoms with E-state index in [1.54, 1.807) is 11.8 Å². The number of hydrogen-bond acceptors (Lipinski definition) is 2. The molecule has 19 heavy (non-hydrogen) atoms. The summed E-state index contributed by atoms with van der Waals surface area (Å²) in [5.41, 5.74) is 1.16. The highest BCUT2D eigenvalue weighted by atomic mass is 32.2. The van der Waals surface area contributed by atoms with Gasteiger partial charge in [-0.15, -0.1) is 11.8 Å². The fourth-order valence-electron chi connectivity index (χ4n) is 2.34. The monoisotopic (exact) mass is 275 g/mol. The van der Waals surface area contributed by atoms with Crippen molar-refractivity contribution in [2.75, 3.05) is 6.26 Å². The first-order chi connectivity index (χ1) is 9.20. The fourth-order valence-corrected chi connectivity index (χ4v) is 2.75. The number of rotatable bonds is 4. The lowest BCUT2D eigenvalue weighted by atomic mass is 9.93. The molecule has 0 saturated heterocycles. The molecule has 0 spiro atoms. The molecule has 1 aliphatic rings. The van der Waals surface area contributed by atoms with Crippen LogP contribution in [-0.2, 0) is 4.79 Å². The first-order valence-electron chi connectivity index (χ1n) is 6.80. The number of nitrogens with one attached hydrogen (secondary N) is 1. The summed E-state index contributed by atoms with van der Waals surface area (Å²) in [5.74, 6) is 0.337. The van der Waals surface area contributed by atoms with Crippen LogP contribution in [0.15, 0.2) is 41.3 Å². The van der Waals surface area contributed by atoms with Gasteiger partial charge in [-0.2, -0.15) is 0 Å². The molecule has 0 radical (unpaired) electrons. The summed E-state index contributed by atoms with van der Waals surface area (Å²) in [7, 11) is 0. The van der Waals surface area contributed by atoms with Crippen molar-refractivity contribution >= 4 is 17.7 Å². The van der Waals surface area contributed by atoms with Crippen molar-refractivity contribution in [3.8, 4) is 0 Å². The van der Waals surface area contributed by atoms with Crippen molar-refractivity contribution in [3.05, 3.63) is 42.0 Å². The number of carbonyl (C=O) groups excluding carboxylic acids is 1. The van der Waals surface area contributed by atoms with Crippen molar-refractivity contribution in [1.82, 2.24) is 5.32 Å². The molecule has 2 rings (SSSR count). The van der Waals surface area contributed by atoms with Crippen LogP contribution >= 0.6 is 11.8 Å². The Bertz CT molecular complexity index is 452. The molecule has 1 N–H and O–H groups in total. The van der Waals surface area contributed by atoms with E-state index in [9.17, 15) is 4.79 Å². The molecule has 0 fully saturated rings. The Morgan fingerprint density at radius 2 is 2.05 bits per heavy atom. The molecular formula is C16H21NOS. The molecule has 0 heterocycles. The zero-order valence-electron chi connectivity index (χ0n) is 11.6. The molecule has 2 atom stereocenters. The highest BCUT2D eigenvalue weighted by molar-refractivity contribution is 7.98. The third-order valence-electron chi connectivity index (χ3n) is 3.61. The molecule has 0 aliphatic heterocycles. The molecule has 2 nitrogen and oxygen atoms in total. The average molecular weight is 275 g/mol. The smallest absolute Gasteiger partial charge is 0.223 e. The van der Waals surface area contributed by atoms with Gasteiger partial charge < -0.3 is 5.32 Å². The largest absolute Gasteiger partial charge is 0.349 e. The van der Waals surface area contributed by atoms with E-state index < -0.39 is 0 Å². The topological polar surface area (TPSA) is 29.1 Å². The second kappa shape index (κ2) is 6.80. The number of amides is 1. The van der Waals surface area contributed by atoms with Gasteiger partial charge in [-0.3, -0.25) is 4.79 Å². The average Bonchev–Trinajstić information content (AvgIpc) is 2.48. The van der Waals surface area contributed by atoms with Crippen molar-refractivity contribution in [1.29, 1.82) is 0 Å². The Kier molecular flexibility index (Phi) is 5.08. The van der Waals surface area contributed by atoms with Crippen molar-refractivity contribution in [3.63, 3.8) is 0 Å². The summed E-state index contributed by atoms with van der Waals surface area (Å²) < 4.78 is 0. The van der Waals surface area contributed by atoms with Crippen LogP contribution in [-0.4, -0.2) is 12.2 Å². The Hall–Kier alpha value is -1.22. The third kappa shape index (κ3) is 3.87. The van der Waals surface area contributed by atoms with Gasteiger partial charge in [0.2, 0.25) is 5.91 Å². The van der Waals surface area contributed by atoms with E-state index in [1.165, 1.54) is 4.90 Å². The molecule has 0 aromatic heterocycles. The van der Waals surface area contributed by atoms with Gasteiger partial charge in [0, 0.05) is 10.8 Å². The molecule has 1 aliphatic carbocycles. The van der Waals surface area contributed by atoms with Crippen molar-refractivity contribution < 1.29 is 4.79 Å². The lowest BCUT2D eigenvalue weighted by Crippen LogP contribution is -2.33. The lowest BCUT2D eigenvalue weighted by Gasteiger charge is -2.21. The van der Waals surface area contributed by atoms with E-state index >= 15 is 0 Å². The van der Waals surface area contributed by atoms with E-state index in [2.05, 4.69) is 48.0 Å². The number of hydrogen-bond donors (Lipinski definition) is 1. The van der Waals surface area contributed by atoms with Gasteiger partial charge in [0.05, 0.1) is 6.04 Å². The summed E-state index contributed by atoms with van der Waals surface area (Å²) in [6, 6.07) is 8.47. The van der Waals surface area contributed by atoms with E-state index in [0.717, 1.165) is 24.8 Å². The molecule has 1 amide bonds. The number of carbonyl (C=O) groups is 1. The molecule has 1 aromatic rings. The quantitative estimate of drug-likeness (QED) is 0.666. The lowest BCUT2D eigenvalue weighted by molar-refractivity contribution is -0.125. The van der Waals surface area contributed by atoms with Gasteiger partial charge in [-0.1, -0.05) is 24.3 Å². The molecule has 0 unspecified atom stereocenters. The van der Waals surface area contributed by atoms with Gasteiger partial charge in [-0.25, -0.2) is 0 Å². The SMILES string of the molecule is CSc1ccc([C@@H](C)NC(=O)[C@H]2CC=CCC2)cc1. The van der Waals surface area contributed by atoms with Crippen LogP contribution < -0.4 is 5.32 Å². The fraction of sp³-hybridized carbons (Fsp3) is 0.438. The first kappa shape index (κ1) is 14.2. The summed E-state index contributed by atoms with van der Waals surface area (Å²) in [4.78, 5) is 13.4. The van der Waals surface area contributed by atoms with Gasteiger partial charge >= 0.3 is 0 Å². The maximum atomic E-state index is 12.2. The van der Waals surface area contributed by atoms with E-state index in [0.29, 0.717) is 0 Å². The van der Waals surface area contributed by atoms with E-state index in [1.807, 2.05) is 6.92 Å². The van der Waals surface area contributed by atoms with Crippen molar-refractivity contribution in [2.45, 2.75) is 37.1 Å². The van der Waals surface area contributed by atoms with Crippen LogP contribution in [0.5, 0.6) is 0 Å². The maximum Gasteiger partial charge on any atom is 0.223 e. The minimum absolute atomic E-state index is 0.0781. The molecule has 3 heteroatoms. The van der Waals surface area contributed by atoms with Crippen LogP contribution in [0.3, 0.4) is 0 Å². The molecule has 1 aromatic carbocycles. The third-order valence-corrected chi connectivity index (χ3v) is 4.36.